The molecule has 30 heavy (non-hydrogen) atoms. The van der Waals surface area contributed by atoms with Crippen molar-refractivity contribution >= 4 is 17.4 Å². The number of piperidine rings is 1. The summed E-state index contributed by atoms with van der Waals surface area (Å²) in [6, 6.07) is 13.4. The minimum absolute atomic E-state index is 0.0177. The summed E-state index contributed by atoms with van der Waals surface area (Å²) in [5, 5.41) is 2.96. The number of hydrogen-bond acceptors (Lipinski definition) is 5. The molecule has 2 aliphatic rings. The largest absolute Gasteiger partial charge is 0.486 e. The maximum atomic E-state index is 12.9. The molecule has 0 aliphatic carbocycles. The molecule has 0 spiro atoms. The van der Waals surface area contributed by atoms with E-state index in [1.807, 2.05) is 36.4 Å². The number of carbonyl (C=O) groups is 2. The third-order valence-electron chi connectivity index (χ3n) is 5.80. The quantitative estimate of drug-likeness (QED) is 0.741. The van der Waals surface area contributed by atoms with Crippen LogP contribution in [0.5, 0.6) is 11.5 Å². The highest BCUT2D eigenvalue weighted by atomic mass is 16.6. The Balaban J connectivity index is 1.27. The summed E-state index contributed by atoms with van der Waals surface area (Å²) in [5.41, 5.74) is 2.74. The summed E-state index contributed by atoms with van der Waals surface area (Å²) in [7, 11) is 0. The molecule has 6 heteroatoms. The van der Waals surface area contributed by atoms with Crippen LogP contribution in [0.1, 0.15) is 35.7 Å². The van der Waals surface area contributed by atoms with Gasteiger partial charge in [0.1, 0.15) is 13.2 Å². The number of Topliss-reactive ketones (excluding diaryl/α,β-unsaturated/α-hetero) is 1. The van der Waals surface area contributed by atoms with Gasteiger partial charge in [-0.15, -0.1) is 0 Å². The average Bonchev–Trinajstić information content (AvgIpc) is 2.79. The van der Waals surface area contributed by atoms with Gasteiger partial charge in [-0.25, -0.2) is 0 Å². The Bertz CT molecular complexity index is 902. The lowest BCUT2D eigenvalue weighted by Crippen LogP contribution is -2.40. The molecule has 2 aliphatic heterocycles. The molecule has 0 bridgehead atoms. The van der Waals surface area contributed by atoms with E-state index in [0.29, 0.717) is 36.8 Å². The molecule has 1 fully saturated rings. The number of ether oxygens (including phenoxy) is 2. The lowest BCUT2D eigenvalue weighted by molar-refractivity contribution is -0.117. The third kappa shape index (κ3) is 4.82. The normalized spacial score (nSPS) is 16.8. The number of likely N-dealkylation sites (tertiary alicyclic amines) is 1. The van der Waals surface area contributed by atoms with Crippen molar-refractivity contribution in [1.29, 1.82) is 0 Å². The van der Waals surface area contributed by atoms with E-state index in [1.54, 1.807) is 6.07 Å². The number of nitrogens with zero attached hydrogens (tertiary/aromatic N) is 1. The van der Waals surface area contributed by atoms with Gasteiger partial charge in [0.2, 0.25) is 5.91 Å². The van der Waals surface area contributed by atoms with E-state index in [2.05, 4.69) is 17.1 Å². The summed E-state index contributed by atoms with van der Waals surface area (Å²) >= 11 is 0. The van der Waals surface area contributed by atoms with Crippen LogP contribution in [0.3, 0.4) is 0 Å². The molecule has 158 valence electrons. The van der Waals surface area contributed by atoms with E-state index < -0.39 is 0 Å². The summed E-state index contributed by atoms with van der Waals surface area (Å²) < 4.78 is 11.1. The number of hydrogen-bond donors (Lipinski definition) is 1. The zero-order valence-corrected chi connectivity index (χ0v) is 17.4. The SMILES string of the molecule is CCc1ccc(NC(=O)CN2CCC(C(=O)c3ccc4c(c3)OCCO4)CC2)cc1. The molecule has 0 aromatic heterocycles. The third-order valence-corrected chi connectivity index (χ3v) is 5.80. The van der Waals surface area contributed by atoms with Gasteiger partial charge in [-0.2, -0.15) is 0 Å². The Morgan fingerprint density at radius 3 is 2.40 bits per heavy atom. The first-order chi connectivity index (χ1) is 14.6. The fourth-order valence-electron chi connectivity index (χ4n) is 4.01. The summed E-state index contributed by atoms with van der Waals surface area (Å²) in [6.07, 6.45) is 2.49. The maximum Gasteiger partial charge on any atom is 0.238 e. The molecule has 0 unspecified atom stereocenters. The number of benzene rings is 2. The average molecular weight is 408 g/mol. The molecular weight excluding hydrogens is 380 g/mol. The predicted molar refractivity (Wildman–Crippen MR) is 115 cm³/mol. The van der Waals surface area contributed by atoms with Crippen LogP contribution in [0.4, 0.5) is 5.69 Å². The first-order valence-corrected chi connectivity index (χ1v) is 10.7. The van der Waals surface area contributed by atoms with Crippen LogP contribution < -0.4 is 14.8 Å². The van der Waals surface area contributed by atoms with Crippen LogP contribution in [0.15, 0.2) is 42.5 Å². The van der Waals surface area contributed by atoms with Crippen LogP contribution in [-0.2, 0) is 11.2 Å². The maximum absolute atomic E-state index is 12.9. The van der Waals surface area contributed by atoms with Gasteiger partial charge >= 0.3 is 0 Å². The lowest BCUT2D eigenvalue weighted by Gasteiger charge is -2.30. The zero-order valence-electron chi connectivity index (χ0n) is 17.4. The van der Waals surface area contributed by atoms with Gasteiger partial charge in [0.25, 0.3) is 0 Å². The van der Waals surface area contributed by atoms with E-state index in [9.17, 15) is 9.59 Å². The number of nitrogens with one attached hydrogen (secondary N) is 1. The molecule has 1 saturated heterocycles. The van der Waals surface area contributed by atoms with Gasteiger partial charge in [-0.05, 0) is 68.2 Å². The van der Waals surface area contributed by atoms with Gasteiger partial charge in [0.15, 0.2) is 17.3 Å². The second-order valence-electron chi connectivity index (χ2n) is 7.87. The van der Waals surface area contributed by atoms with Crippen molar-refractivity contribution in [2.24, 2.45) is 5.92 Å². The molecule has 0 atom stereocenters. The monoisotopic (exact) mass is 408 g/mol. The number of carbonyl (C=O) groups excluding carboxylic acids is 2. The first-order valence-electron chi connectivity index (χ1n) is 10.7. The second kappa shape index (κ2) is 9.30. The van der Waals surface area contributed by atoms with Crippen LogP contribution in [0.25, 0.3) is 0 Å². The Morgan fingerprint density at radius 2 is 1.70 bits per heavy atom. The number of rotatable bonds is 6. The summed E-state index contributed by atoms with van der Waals surface area (Å²) in [5.74, 6) is 1.45. The van der Waals surface area contributed by atoms with Crippen molar-refractivity contribution in [3.8, 4) is 11.5 Å². The van der Waals surface area contributed by atoms with Crippen LogP contribution in [-0.4, -0.2) is 49.4 Å². The molecule has 1 amide bonds. The van der Waals surface area contributed by atoms with E-state index >= 15 is 0 Å². The van der Waals surface area contributed by atoms with Gasteiger partial charge in [-0.1, -0.05) is 19.1 Å². The molecular formula is C24H28N2O4. The Labute approximate surface area is 177 Å². The molecule has 2 heterocycles. The van der Waals surface area contributed by atoms with E-state index in [1.165, 1.54) is 5.56 Å². The number of fused-ring (bicyclic) bond motifs is 1. The van der Waals surface area contributed by atoms with Gasteiger partial charge in [-0.3, -0.25) is 14.5 Å². The predicted octanol–water partition coefficient (Wildman–Crippen LogP) is 3.55. The number of ketones is 1. The molecule has 1 N–H and O–H groups in total. The van der Waals surface area contributed by atoms with Crippen LogP contribution >= 0.6 is 0 Å². The van der Waals surface area contributed by atoms with Crippen molar-refractivity contribution in [3.05, 3.63) is 53.6 Å². The topological polar surface area (TPSA) is 67.9 Å². The summed E-state index contributed by atoms with van der Waals surface area (Å²) in [6.45, 7) is 4.98. The zero-order chi connectivity index (χ0) is 20.9. The summed E-state index contributed by atoms with van der Waals surface area (Å²) in [4.78, 5) is 27.4. The van der Waals surface area contributed by atoms with Gasteiger partial charge < -0.3 is 14.8 Å². The molecule has 4 rings (SSSR count). The first kappa shape index (κ1) is 20.4. The number of anilines is 1. The highest BCUT2D eigenvalue weighted by Gasteiger charge is 2.27. The molecule has 0 radical (unpaired) electrons. The van der Waals surface area contributed by atoms with E-state index in [0.717, 1.165) is 38.0 Å². The molecule has 6 nitrogen and oxygen atoms in total. The molecule has 2 aromatic carbocycles. The number of amides is 1. The van der Waals surface area contributed by atoms with Gasteiger partial charge in [0.05, 0.1) is 6.54 Å². The van der Waals surface area contributed by atoms with E-state index in [4.69, 9.17) is 9.47 Å². The van der Waals surface area contributed by atoms with Crippen molar-refractivity contribution in [3.63, 3.8) is 0 Å². The Kier molecular flexibility index (Phi) is 6.33. The second-order valence-corrected chi connectivity index (χ2v) is 7.87. The molecule has 0 saturated carbocycles. The number of aryl methyl sites for hydroxylation is 1. The van der Waals surface area contributed by atoms with Crippen molar-refractivity contribution < 1.29 is 19.1 Å². The van der Waals surface area contributed by atoms with Crippen molar-refractivity contribution in [1.82, 2.24) is 4.90 Å². The standard InChI is InChI=1S/C24H28N2O4/c1-2-17-3-6-20(7-4-17)25-23(27)16-26-11-9-18(10-12-26)24(28)19-5-8-21-22(15-19)30-14-13-29-21/h3-8,15,18H,2,9-14,16H2,1H3,(H,25,27). The highest BCUT2D eigenvalue weighted by molar-refractivity contribution is 5.98. The minimum atomic E-state index is -0.0199. The van der Waals surface area contributed by atoms with Crippen molar-refractivity contribution in [2.45, 2.75) is 26.2 Å². The van der Waals surface area contributed by atoms with Crippen molar-refractivity contribution in [2.75, 3.05) is 38.2 Å². The molecule has 2 aromatic rings. The van der Waals surface area contributed by atoms with Gasteiger partial charge in [0, 0.05) is 17.2 Å². The van der Waals surface area contributed by atoms with Crippen LogP contribution in [0, 0.1) is 5.92 Å². The fraction of sp³-hybridized carbons (Fsp3) is 0.417. The smallest absolute Gasteiger partial charge is 0.238 e. The fourth-order valence-corrected chi connectivity index (χ4v) is 4.01. The highest BCUT2D eigenvalue weighted by Crippen LogP contribution is 2.32. The lowest BCUT2D eigenvalue weighted by atomic mass is 9.88. The Hall–Kier alpha value is -2.86. The minimum Gasteiger partial charge on any atom is -0.486 e. The Morgan fingerprint density at radius 1 is 1.00 bits per heavy atom. The van der Waals surface area contributed by atoms with E-state index in [-0.39, 0.29) is 17.6 Å². The van der Waals surface area contributed by atoms with Crippen LogP contribution in [0.2, 0.25) is 0 Å².